The molecule has 0 spiro atoms. The summed E-state index contributed by atoms with van der Waals surface area (Å²) in [6, 6.07) is 4.66. The van der Waals surface area contributed by atoms with E-state index in [1.807, 2.05) is 0 Å². The van der Waals surface area contributed by atoms with Crippen molar-refractivity contribution in [2.24, 2.45) is 0 Å². The van der Waals surface area contributed by atoms with E-state index >= 15 is 0 Å². The second kappa shape index (κ2) is 5.89. The van der Waals surface area contributed by atoms with Gasteiger partial charge in [-0.25, -0.2) is 0 Å². The summed E-state index contributed by atoms with van der Waals surface area (Å²) in [4.78, 5) is 0. The van der Waals surface area contributed by atoms with Gasteiger partial charge in [0.25, 0.3) is 0 Å². The molecule has 94 valence electrons. The molecule has 1 fully saturated rings. The van der Waals surface area contributed by atoms with Gasteiger partial charge in [0.15, 0.2) is 0 Å². The molecule has 0 amide bonds. The van der Waals surface area contributed by atoms with Gasteiger partial charge in [-0.1, -0.05) is 6.07 Å². The second-order valence-electron chi connectivity index (χ2n) is 4.41. The molecule has 0 bridgehead atoms. The molecule has 0 aliphatic carbocycles. The molecule has 2 rings (SSSR count). The summed E-state index contributed by atoms with van der Waals surface area (Å²) in [5.74, 6) is 0.222. The van der Waals surface area contributed by atoms with E-state index in [9.17, 15) is 5.11 Å². The molecule has 1 aliphatic heterocycles. The summed E-state index contributed by atoms with van der Waals surface area (Å²) < 4.78 is 5.52. The van der Waals surface area contributed by atoms with Crippen LogP contribution in [0, 0.1) is 0 Å². The summed E-state index contributed by atoms with van der Waals surface area (Å²) in [7, 11) is 0. The Hall–Kier alpha value is -1.26. The fourth-order valence-electron chi connectivity index (χ4n) is 2.06. The number of hydrogen-bond donors (Lipinski definition) is 3. The monoisotopic (exact) mass is 237 g/mol. The molecule has 4 nitrogen and oxygen atoms in total. The van der Waals surface area contributed by atoms with Crippen LogP contribution in [0.15, 0.2) is 18.2 Å². The molecule has 17 heavy (non-hydrogen) atoms. The first-order valence-corrected chi connectivity index (χ1v) is 6.09. The fourth-order valence-corrected chi connectivity index (χ4v) is 2.06. The van der Waals surface area contributed by atoms with Crippen LogP contribution in [0.3, 0.4) is 0 Å². The molecule has 1 heterocycles. The second-order valence-corrected chi connectivity index (χ2v) is 4.41. The smallest absolute Gasteiger partial charge is 0.123 e. The van der Waals surface area contributed by atoms with Gasteiger partial charge in [-0.2, -0.15) is 0 Å². The SMILES string of the molecule is Oc1ccc(CNCCC2CCCO2)c(O)c1. The zero-order valence-corrected chi connectivity index (χ0v) is 9.85. The van der Waals surface area contributed by atoms with E-state index in [0.29, 0.717) is 12.6 Å². The molecule has 0 radical (unpaired) electrons. The van der Waals surface area contributed by atoms with Crippen molar-refractivity contribution in [2.75, 3.05) is 13.2 Å². The first-order chi connectivity index (χ1) is 8.25. The van der Waals surface area contributed by atoms with Crippen LogP contribution in [0.25, 0.3) is 0 Å². The van der Waals surface area contributed by atoms with Crippen LogP contribution in [0.2, 0.25) is 0 Å². The van der Waals surface area contributed by atoms with E-state index in [4.69, 9.17) is 9.84 Å². The average molecular weight is 237 g/mol. The van der Waals surface area contributed by atoms with Crippen molar-refractivity contribution in [1.29, 1.82) is 0 Å². The van der Waals surface area contributed by atoms with Crippen LogP contribution >= 0.6 is 0 Å². The molecule has 1 saturated heterocycles. The van der Waals surface area contributed by atoms with E-state index in [2.05, 4.69) is 5.32 Å². The van der Waals surface area contributed by atoms with Crippen LogP contribution in [-0.4, -0.2) is 29.5 Å². The van der Waals surface area contributed by atoms with E-state index in [0.717, 1.165) is 31.6 Å². The minimum atomic E-state index is 0.0885. The van der Waals surface area contributed by atoms with Crippen LogP contribution in [0.1, 0.15) is 24.8 Å². The maximum atomic E-state index is 9.58. The highest BCUT2D eigenvalue weighted by atomic mass is 16.5. The Labute approximate surface area is 101 Å². The Kier molecular flexibility index (Phi) is 4.23. The number of hydrogen-bond acceptors (Lipinski definition) is 4. The summed E-state index contributed by atoms with van der Waals surface area (Å²) in [5.41, 5.74) is 0.801. The lowest BCUT2D eigenvalue weighted by Gasteiger charge is -2.10. The number of ether oxygens (including phenoxy) is 1. The molecular formula is C13H19NO3. The van der Waals surface area contributed by atoms with E-state index < -0.39 is 0 Å². The maximum absolute atomic E-state index is 9.58. The van der Waals surface area contributed by atoms with E-state index in [1.165, 1.54) is 12.5 Å². The quantitative estimate of drug-likeness (QED) is 0.683. The molecule has 4 heteroatoms. The van der Waals surface area contributed by atoms with Gasteiger partial charge in [0.05, 0.1) is 6.10 Å². The zero-order valence-electron chi connectivity index (χ0n) is 9.85. The third-order valence-corrected chi connectivity index (χ3v) is 3.05. The van der Waals surface area contributed by atoms with Crippen molar-refractivity contribution in [3.05, 3.63) is 23.8 Å². The third kappa shape index (κ3) is 3.61. The van der Waals surface area contributed by atoms with Gasteiger partial charge in [0.1, 0.15) is 11.5 Å². The Morgan fingerprint density at radius 1 is 1.35 bits per heavy atom. The number of nitrogens with one attached hydrogen (secondary N) is 1. The lowest BCUT2D eigenvalue weighted by molar-refractivity contribution is 0.104. The topological polar surface area (TPSA) is 61.7 Å². The van der Waals surface area contributed by atoms with Crippen molar-refractivity contribution < 1.29 is 14.9 Å². The van der Waals surface area contributed by atoms with Gasteiger partial charge >= 0.3 is 0 Å². The summed E-state index contributed by atoms with van der Waals surface area (Å²) in [6.07, 6.45) is 3.74. The minimum absolute atomic E-state index is 0.0885. The van der Waals surface area contributed by atoms with Gasteiger partial charge < -0.3 is 20.3 Å². The molecule has 0 saturated carbocycles. The van der Waals surface area contributed by atoms with E-state index in [1.54, 1.807) is 12.1 Å². The van der Waals surface area contributed by atoms with Crippen LogP contribution < -0.4 is 5.32 Å². The van der Waals surface area contributed by atoms with Crippen LogP contribution in [0.4, 0.5) is 0 Å². The van der Waals surface area contributed by atoms with Crippen LogP contribution in [0.5, 0.6) is 11.5 Å². The van der Waals surface area contributed by atoms with Crippen LogP contribution in [-0.2, 0) is 11.3 Å². The van der Waals surface area contributed by atoms with Crippen molar-refractivity contribution >= 4 is 0 Å². The third-order valence-electron chi connectivity index (χ3n) is 3.05. The Balaban J connectivity index is 1.70. The summed E-state index contributed by atoms with van der Waals surface area (Å²) in [5, 5.41) is 22.0. The molecule has 0 aromatic heterocycles. The molecule has 1 aromatic rings. The number of phenolic OH excluding ortho intramolecular Hbond substituents is 2. The van der Waals surface area contributed by atoms with Crippen molar-refractivity contribution in [3.63, 3.8) is 0 Å². The van der Waals surface area contributed by atoms with Gasteiger partial charge in [0, 0.05) is 24.8 Å². The number of aromatic hydroxyl groups is 2. The number of benzene rings is 1. The molecule has 1 aliphatic rings. The zero-order chi connectivity index (χ0) is 12.1. The number of rotatable bonds is 5. The molecule has 3 N–H and O–H groups in total. The predicted octanol–water partition coefficient (Wildman–Crippen LogP) is 1.76. The highest BCUT2D eigenvalue weighted by Crippen LogP contribution is 2.22. The first-order valence-electron chi connectivity index (χ1n) is 6.09. The lowest BCUT2D eigenvalue weighted by atomic mass is 10.1. The maximum Gasteiger partial charge on any atom is 0.123 e. The Morgan fingerprint density at radius 2 is 2.24 bits per heavy atom. The lowest BCUT2D eigenvalue weighted by Crippen LogP contribution is -2.19. The van der Waals surface area contributed by atoms with Gasteiger partial charge in [-0.15, -0.1) is 0 Å². The Morgan fingerprint density at radius 3 is 2.94 bits per heavy atom. The van der Waals surface area contributed by atoms with Crippen molar-refractivity contribution in [1.82, 2.24) is 5.32 Å². The van der Waals surface area contributed by atoms with Gasteiger partial charge in [-0.05, 0) is 31.9 Å². The normalized spacial score (nSPS) is 19.6. The highest BCUT2D eigenvalue weighted by molar-refractivity contribution is 5.38. The molecule has 1 atom stereocenters. The van der Waals surface area contributed by atoms with Crippen molar-refractivity contribution in [3.8, 4) is 11.5 Å². The van der Waals surface area contributed by atoms with Crippen molar-refractivity contribution in [2.45, 2.75) is 31.9 Å². The molecule has 1 unspecified atom stereocenters. The molecular weight excluding hydrogens is 218 g/mol. The van der Waals surface area contributed by atoms with Gasteiger partial charge in [0.2, 0.25) is 0 Å². The fraction of sp³-hybridized carbons (Fsp3) is 0.538. The van der Waals surface area contributed by atoms with Gasteiger partial charge in [-0.3, -0.25) is 0 Å². The molecule has 1 aromatic carbocycles. The average Bonchev–Trinajstić information content (AvgIpc) is 2.79. The predicted molar refractivity (Wildman–Crippen MR) is 65.1 cm³/mol. The number of phenols is 2. The largest absolute Gasteiger partial charge is 0.508 e. The highest BCUT2D eigenvalue weighted by Gasteiger charge is 2.14. The first kappa shape index (κ1) is 12.2. The standard InChI is InChI=1S/C13H19NO3/c15-11-4-3-10(13(16)8-11)9-14-6-5-12-2-1-7-17-12/h3-4,8,12,14-16H,1-2,5-7,9H2. The summed E-state index contributed by atoms with van der Waals surface area (Å²) in [6.45, 7) is 2.38. The summed E-state index contributed by atoms with van der Waals surface area (Å²) >= 11 is 0. The minimum Gasteiger partial charge on any atom is -0.508 e. The van der Waals surface area contributed by atoms with E-state index in [-0.39, 0.29) is 11.5 Å². The Bertz CT molecular complexity index is 362.